The highest BCUT2D eigenvalue weighted by Crippen LogP contribution is 2.23. The maximum Gasteiger partial charge on any atom is 0.146 e. The minimum atomic E-state index is -0.427. The van der Waals surface area contributed by atoms with E-state index in [1.165, 1.54) is 12.1 Å². The van der Waals surface area contributed by atoms with Crippen LogP contribution in [0.1, 0.15) is 11.1 Å². The molecule has 2 rings (SSSR count). The molecule has 0 aliphatic carbocycles. The van der Waals surface area contributed by atoms with Gasteiger partial charge in [0.25, 0.3) is 0 Å². The van der Waals surface area contributed by atoms with E-state index in [1.54, 1.807) is 18.2 Å². The first kappa shape index (κ1) is 12.7. The van der Waals surface area contributed by atoms with Gasteiger partial charge < -0.3 is 10.5 Å². The van der Waals surface area contributed by atoms with Gasteiger partial charge in [0.05, 0.1) is 5.69 Å². The molecule has 4 heteroatoms. The quantitative estimate of drug-likeness (QED) is 0.853. The lowest BCUT2D eigenvalue weighted by molar-refractivity contribution is 0.303. The minimum Gasteiger partial charge on any atom is -0.489 e. The molecule has 2 aromatic carbocycles. The van der Waals surface area contributed by atoms with E-state index in [0.717, 1.165) is 16.9 Å². The molecule has 0 aromatic heterocycles. The predicted molar refractivity (Wildman–Crippen MR) is 71.3 cm³/mol. The van der Waals surface area contributed by atoms with Crippen molar-refractivity contribution in [2.75, 3.05) is 5.73 Å². The minimum absolute atomic E-state index is 0.140. The average Bonchev–Trinajstić information content (AvgIpc) is 2.32. The lowest BCUT2D eigenvalue weighted by Gasteiger charge is -2.09. The Balaban J connectivity index is 2.09. The van der Waals surface area contributed by atoms with Crippen LogP contribution in [0.4, 0.5) is 10.1 Å². The van der Waals surface area contributed by atoms with Gasteiger partial charge >= 0.3 is 0 Å². The zero-order valence-corrected chi connectivity index (χ0v) is 10.7. The van der Waals surface area contributed by atoms with Gasteiger partial charge in [-0.25, -0.2) is 4.39 Å². The van der Waals surface area contributed by atoms with Crippen LogP contribution in [0.15, 0.2) is 36.4 Å². The van der Waals surface area contributed by atoms with Crippen LogP contribution in [0.25, 0.3) is 0 Å². The van der Waals surface area contributed by atoms with Gasteiger partial charge in [-0.05, 0) is 48.4 Å². The summed E-state index contributed by atoms with van der Waals surface area (Å²) in [5.74, 6) is 0.306. The van der Waals surface area contributed by atoms with Gasteiger partial charge in [-0.1, -0.05) is 17.7 Å². The largest absolute Gasteiger partial charge is 0.489 e. The summed E-state index contributed by atoms with van der Waals surface area (Å²) in [6.45, 7) is 2.20. The molecule has 94 valence electrons. The zero-order valence-electron chi connectivity index (χ0n) is 9.91. The van der Waals surface area contributed by atoms with Crippen LogP contribution in [-0.4, -0.2) is 0 Å². The van der Waals surface area contributed by atoms with E-state index < -0.39 is 5.82 Å². The van der Waals surface area contributed by atoms with Gasteiger partial charge in [-0.2, -0.15) is 0 Å². The number of aryl methyl sites for hydroxylation is 1. The summed E-state index contributed by atoms with van der Waals surface area (Å²) in [5.41, 5.74) is 7.22. The highest BCUT2D eigenvalue weighted by molar-refractivity contribution is 6.30. The number of anilines is 1. The van der Waals surface area contributed by atoms with Gasteiger partial charge in [0, 0.05) is 5.02 Å². The van der Waals surface area contributed by atoms with E-state index in [4.69, 9.17) is 22.1 Å². The number of hydrogen-bond acceptors (Lipinski definition) is 2. The van der Waals surface area contributed by atoms with Crippen molar-refractivity contribution in [2.24, 2.45) is 0 Å². The molecule has 0 aliphatic rings. The Bertz CT molecular complexity index is 572. The second kappa shape index (κ2) is 5.27. The Labute approximate surface area is 110 Å². The van der Waals surface area contributed by atoms with Gasteiger partial charge in [0.15, 0.2) is 0 Å². The van der Waals surface area contributed by atoms with Crippen molar-refractivity contribution in [1.29, 1.82) is 0 Å². The van der Waals surface area contributed by atoms with Crippen molar-refractivity contribution in [1.82, 2.24) is 0 Å². The summed E-state index contributed by atoms with van der Waals surface area (Å²) in [5, 5.41) is 0.665. The molecule has 0 heterocycles. The molecule has 0 amide bonds. The zero-order chi connectivity index (χ0) is 13.1. The molecule has 0 bridgehead atoms. The van der Waals surface area contributed by atoms with Crippen LogP contribution in [0.2, 0.25) is 5.02 Å². The maximum absolute atomic E-state index is 13.2. The Morgan fingerprint density at radius 2 is 2.00 bits per heavy atom. The Hall–Kier alpha value is -1.74. The van der Waals surface area contributed by atoms with Gasteiger partial charge in [0.2, 0.25) is 0 Å². The molecule has 0 saturated heterocycles. The second-order valence-electron chi connectivity index (χ2n) is 4.05. The van der Waals surface area contributed by atoms with E-state index in [2.05, 4.69) is 0 Å². The highest BCUT2D eigenvalue weighted by Gasteiger charge is 2.03. The average molecular weight is 266 g/mol. The van der Waals surface area contributed by atoms with E-state index in [-0.39, 0.29) is 5.69 Å². The van der Waals surface area contributed by atoms with Crippen LogP contribution < -0.4 is 10.5 Å². The Kier molecular flexibility index (Phi) is 3.72. The van der Waals surface area contributed by atoms with Crippen LogP contribution in [0.5, 0.6) is 5.75 Å². The number of halogens is 2. The maximum atomic E-state index is 13.2. The molecule has 2 N–H and O–H groups in total. The van der Waals surface area contributed by atoms with E-state index in [9.17, 15) is 4.39 Å². The fourth-order valence-electron chi connectivity index (χ4n) is 1.60. The molecule has 18 heavy (non-hydrogen) atoms. The van der Waals surface area contributed by atoms with Gasteiger partial charge in [-0.15, -0.1) is 0 Å². The number of hydrogen-bond donors (Lipinski definition) is 1. The summed E-state index contributed by atoms with van der Waals surface area (Å²) >= 11 is 5.85. The first-order valence-corrected chi connectivity index (χ1v) is 5.87. The molecule has 0 saturated carbocycles. The third-order valence-corrected chi connectivity index (χ3v) is 2.83. The smallest absolute Gasteiger partial charge is 0.146 e. The number of benzene rings is 2. The van der Waals surface area contributed by atoms with Crippen LogP contribution >= 0.6 is 11.6 Å². The molecule has 2 aromatic rings. The lowest BCUT2D eigenvalue weighted by Crippen LogP contribution is -1.99. The van der Waals surface area contributed by atoms with Crippen molar-refractivity contribution >= 4 is 17.3 Å². The van der Waals surface area contributed by atoms with Crippen LogP contribution in [0.3, 0.4) is 0 Å². The molecule has 2 nitrogen and oxygen atoms in total. The predicted octanol–water partition coefficient (Wildman–Crippen LogP) is 3.95. The second-order valence-corrected chi connectivity index (χ2v) is 4.49. The fraction of sp³-hybridized carbons (Fsp3) is 0.143. The Morgan fingerprint density at radius 1 is 1.22 bits per heavy atom. The van der Waals surface area contributed by atoms with Gasteiger partial charge in [0.1, 0.15) is 18.2 Å². The third-order valence-electron chi connectivity index (χ3n) is 2.60. The summed E-state index contributed by atoms with van der Waals surface area (Å²) in [6.07, 6.45) is 0. The first-order valence-electron chi connectivity index (χ1n) is 5.49. The fourth-order valence-corrected chi connectivity index (χ4v) is 1.82. The molecule has 0 atom stereocenters. The highest BCUT2D eigenvalue weighted by atomic mass is 35.5. The van der Waals surface area contributed by atoms with Crippen molar-refractivity contribution in [3.63, 3.8) is 0 Å². The monoisotopic (exact) mass is 265 g/mol. The third kappa shape index (κ3) is 2.93. The van der Waals surface area contributed by atoms with Crippen molar-refractivity contribution in [3.05, 3.63) is 58.4 Å². The lowest BCUT2D eigenvalue weighted by atomic mass is 10.2. The van der Waals surface area contributed by atoms with Crippen molar-refractivity contribution in [2.45, 2.75) is 13.5 Å². The number of nitrogen functional groups attached to an aromatic ring is 1. The SMILES string of the molecule is Cc1cc(Cl)ccc1OCc1ccc(N)c(F)c1. The number of nitrogens with two attached hydrogens (primary N) is 1. The molecular weight excluding hydrogens is 253 g/mol. The first-order chi connectivity index (χ1) is 8.56. The topological polar surface area (TPSA) is 35.2 Å². The van der Waals surface area contributed by atoms with E-state index in [0.29, 0.717) is 11.6 Å². The molecular formula is C14H13ClFNO. The van der Waals surface area contributed by atoms with Crippen LogP contribution in [-0.2, 0) is 6.61 Å². The van der Waals surface area contributed by atoms with Crippen LogP contribution in [0, 0.1) is 12.7 Å². The standard InChI is InChI=1S/C14H13ClFNO/c1-9-6-11(15)3-5-14(9)18-8-10-2-4-13(17)12(16)7-10/h2-7H,8,17H2,1H3. The normalized spacial score (nSPS) is 10.4. The number of ether oxygens (including phenoxy) is 1. The van der Waals surface area contributed by atoms with Crippen molar-refractivity contribution in [3.8, 4) is 5.75 Å². The summed E-state index contributed by atoms with van der Waals surface area (Å²) in [6, 6.07) is 10.0. The number of rotatable bonds is 3. The molecule has 0 fully saturated rings. The van der Waals surface area contributed by atoms with Crippen molar-refractivity contribution < 1.29 is 9.13 Å². The summed E-state index contributed by atoms with van der Waals surface area (Å²) in [4.78, 5) is 0. The van der Waals surface area contributed by atoms with Gasteiger partial charge in [-0.3, -0.25) is 0 Å². The van der Waals surface area contributed by atoms with E-state index >= 15 is 0 Å². The Morgan fingerprint density at radius 3 is 2.67 bits per heavy atom. The molecule has 0 spiro atoms. The molecule has 0 radical (unpaired) electrons. The molecule has 0 unspecified atom stereocenters. The summed E-state index contributed by atoms with van der Waals surface area (Å²) in [7, 11) is 0. The van der Waals surface area contributed by atoms with E-state index in [1.807, 2.05) is 13.0 Å². The summed E-state index contributed by atoms with van der Waals surface area (Å²) < 4.78 is 18.8. The molecule has 0 aliphatic heterocycles.